The van der Waals surface area contributed by atoms with Gasteiger partial charge in [-0.1, -0.05) is 44.2 Å². The van der Waals surface area contributed by atoms with Crippen LogP contribution >= 0.6 is 0 Å². The minimum atomic E-state index is 0.677. The van der Waals surface area contributed by atoms with Gasteiger partial charge in [0.05, 0.1) is 0 Å². The highest BCUT2D eigenvalue weighted by molar-refractivity contribution is 5.27. The first-order valence-corrected chi connectivity index (χ1v) is 7.81. The quantitative estimate of drug-likeness (QED) is 0.675. The molecule has 2 rings (SSSR count). The lowest BCUT2D eigenvalue weighted by Crippen LogP contribution is -2.03. The average molecular weight is 267 g/mol. The van der Waals surface area contributed by atoms with Crippen molar-refractivity contribution in [2.45, 2.75) is 51.9 Å². The number of hydrogen-bond donors (Lipinski definition) is 0. The molecule has 0 bridgehead atoms. The molecule has 0 aliphatic carbocycles. The van der Waals surface area contributed by atoms with Gasteiger partial charge in [0, 0.05) is 12.4 Å². The molecule has 1 heteroatoms. The number of nitrogens with zero attached hydrogens (tertiary/aromatic N) is 1. The van der Waals surface area contributed by atoms with Crippen molar-refractivity contribution in [1.82, 2.24) is 4.98 Å². The molecule has 0 N–H and O–H groups in total. The van der Waals surface area contributed by atoms with E-state index in [0.717, 1.165) is 6.42 Å². The van der Waals surface area contributed by atoms with Gasteiger partial charge in [0.25, 0.3) is 0 Å². The third-order valence-electron chi connectivity index (χ3n) is 4.12. The third kappa shape index (κ3) is 3.93. The summed E-state index contributed by atoms with van der Waals surface area (Å²) in [6.07, 6.45) is 9.98. The normalized spacial score (nSPS) is 12.3. The van der Waals surface area contributed by atoms with E-state index in [0.29, 0.717) is 5.92 Å². The zero-order valence-corrected chi connectivity index (χ0v) is 12.7. The van der Waals surface area contributed by atoms with Crippen molar-refractivity contribution in [3.8, 4) is 0 Å². The SMILES string of the molecule is CCc1cnccc1C(CC)CCCc1ccccc1. The summed E-state index contributed by atoms with van der Waals surface area (Å²) in [5.74, 6) is 0.677. The lowest BCUT2D eigenvalue weighted by molar-refractivity contribution is 0.571. The second-order valence-electron chi connectivity index (χ2n) is 5.41. The van der Waals surface area contributed by atoms with Crippen molar-refractivity contribution in [1.29, 1.82) is 0 Å². The first kappa shape index (κ1) is 14.8. The highest BCUT2D eigenvalue weighted by Crippen LogP contribution is 2.28. The predicted molar refractivity (Wildman–Crippen MR) is 86.0 cm³/mol. The first-order chi connectivity index (χ1) is 9.85. The largest absolute Gasteiger partial charge is 0.264 e. The van der Waals surface area contributed by atoms with Crippen LogP contribution in [0.2, 0.25) is 0 Å². The lowest BCUT2D eigenvalue weighted by Gasteiger charge is -2.18. The molecule has 1 unspecified atom stereocenters. The molecule has 0 aliphatic heterocycles. The molecule has 1 atom stereocenters. The Bertz CT molecular complexity index is 504. The molecule has 106 valence electrons. The lowest BCUT2D eigenvalue weighted by atomic mass is 9.88. The van der Waals surface area contributed by atoms with E-state index in [1.54, 1.807) is 0 Å². The Labute approximate surface area is 123 Å². The second kappa shape index (κ2) is 7.84. The van der Waals surface area contributed by atoms with Crippen LogP contribution in [0.5, 0.6) is 0 Å². The molecule has 0 aliphatic rings. The summed E-state index contributed by atoms with van der Waals surface area (Å²) in [5, 5.41) is 0. The van der Waals surface area contributed by atoms with E-state index < -0.39 is 0 Å². The summed E-state index contributed by atoms with van der Waals surface area (Å²) in [6.45, 7) is 4.52. The number of pyridine rings is 1. The van der Waals surface area contributed by atoms with E-state index in [2.05, 4.69) is 55.2 Å². The van der Waals surface area contributed by atoms with E-state index >= 15 is 0 Å². The van der Waals surface area contributed by atoms with Crippen molar-refractivity contribution in [2.75, 3.05) is 0 Å². The minimum absolute atomic E-state index is 0.677. The van der Waals surface area contributed by atoms with Crippen LogP contribution in [-0.2, 0) is 12.8 Å². The number of benzene rings is 1. The average Bonchev–Trinajstić information content (AvgIpc) is 2.53. The van der Waals surface area contributed by atoms with E-state index in [1.807, 2.05) is 12.4 Å². The molecule has 1 aromatic heterocycles. The van der Waals surface area contributed by atoms with Gasteiger partial charge in [0.1, 0.15) is 0 Å². The van der Waals surface area contributed by atoms with Crippen molar-refractivity contribution in [3.05, 3.63) is 65.5 Å². The minimum Gasteiger partial charge on any atom is -0.264 e. The van der Waals surface area contributed by atoms with Gasteiger partial charge in [-0.15, -0.1) is 0 Å². The van der Waals surface area contributed by atoms with Crippen molar-refractivity contribution in [2.24, 2.45) is 0 Å². The predicted octanol–water partition coefficient (Wildman–Crippen LogP) is 5.16. The van der Waals surface area contributed by atoms with E-state index in [4.69, 9.17) is 0 Å². The number of aromatic nitrogens is 1. The van der Waals surface area contributed by atoms with Gasteiger partial charge in [0.2, 0.25) is 0 Å². The molecule has 0 amide bonds. The van der Waals surface area contributed by atoms with Crippen LogP contribution in [0, 0.1) is 0 Å². The van der Waals surface area contributed by atoms with Gasteiger partial charge in [0.15, 0.2) is 0 Å². The summed E-state index contributed by atoms with van der Waals surface area (Å²) in [7, 11) is 0. The van der Waals surface area contributed by atoms with E-state index in [9.17, 15) is 0 Å². The fraction of sp³-hybridized carbons (Fsp3) is 0.421. The maximum atomic E-state index is 4.26. The van der Waals surface area contributed by atoms with Crippen LogP contribution < -0.4 is 0 Å². The Balaban J connectivity index is 1.95. The van der Waals surface area contributed by atoms with Crippen LogP contribution in [0.4, 0.5) is 0 Å². The smallest absolute Gasteiger partial charge is 0.0302 e. The Morgan fingerprint density at radius 3 is 2.55 bits per heavy atom. The maximum absolute atomic E-state index is 4.26. The van der Waals surface area contributed by atoms with Crippen molar-refractivity contribution in [3.63, 3.8) is 0 Å². The van der Waals surface area contributed by atoms with Crippen molar-refractivity contribution >= 4 is 0 Å². The first-order valence-electron chi connectivity index (χ1n) is 7.81. The van der Waals surface area contributed by atoms with Gasteiger partial charge < -0.3 is 0 Å². The maximum Gasteiger partial charge on any atom is 0.0302 e. The van der Waals surface area contributed by atoms with Crippen LogP contribution in [0.3, 0.4) is 0 Å². The summed E-state index contributed by atoms with van der Waals surface area (Å²) < 4.78 is 0. The third-order valence-corrected chi connectivity index (χ3v) is 4.12. The zero-order chi connectivity index (χ0) is 14.2. The van der Waals surface area contributed by atoms with Gasteiger partial charge in [-0.05, 0) is 60.8 Å². The van der Waals surface area contributed by atoms with Crippen molar-refractivity contribution < 1.29 is 0 Å². The van der Waals surface area contributed by atoms with Crippen LogP contribution in [0.25, 0.3) is 0 Å². The van der Waals surface area contributed by atoms with Gasteiger partial charge in [-0.2, -0.15) is 0 Å². The molecule has 1 nitrogen and oxygen atoms in total. The number of aryl methyl sites for hydroxylation is 2. The highest BCUT2D eigenvalue weighted by atomic mass is 14.6. The standard InChI is InChI=1S/C19H25N/c1-3-17(19-13-14-20-15-18(19)4-2)12-8-11-16-9-6-5-7-10-16/h5-7,9-10,13-15,17H,3-4,8,11-12H2,1-2H3. The molecule has 0 spiro atoms. The molecule has 1 heterocycles. The van der Waals surface area contributed by atoms with Crippen LogP contribution in [0.15, 0.2) is 48.8 Å². The van der Waals surface area contributed by atoms with Crippen LogP contribution in [-0.4, -0.2) is 4.98 Å². The van der Waals surface area contributed by atoms with E-state index in [1.165, 1.54) is 42.4 Å². The molecule has 1 aromatic carbocycles. The summed E-state index contributed by atoms with van der Waals surface area (Å²) in [6, 6.07) is 13.0. The Hall–Kier alpha value is -1.63. The van der Waals surface area contributed by atoms with Crippen LogP contribution in [0.1, 0.15) is 55.7 Å². The molecular formula is C19H25N. The van der Waals surface area contributed by atoms with Gasteiger partial charge in [-0.25, -0.2) is 0 Å². The summed E-state index contributed by atoms with van der Waals surface area (Å²) >= 11 is 0. The fourth-order valence-corrected chi connectivity index (χ4v) is 2.91. The second-order valence-corrected chi connectivity index (χ2v) is 5.41. The summed E-state index contributed by atoms with van der Waals surface area (Å²) in [4.78, 5) is 4.26. The zero-order valence-electron chi connectivity index (χ0n) is 12.7. The molecule has 0 saturated carbocycles. The van der Waals surface area contributed by atoms with E-state index in [-0.39, 0.29) is 0 Å². The summed E-state index contributed by atoms with van der Waals surface area (Å²) in [5.41, 5.74) is 4.38. The molecule has 0 radical (unpaired) electrons. The molecule has 0 fully saturated rings. The molecule has 0 saturated heterocycles. The Morgan fingerprint density at radius 1 is 1.05 bits per heavy atom. The monoisotopic (exact) mass is 267 g/mol. The molecular weight excluding hydrogens is 242 g/mol. The molecule has 20 heavy (non-hydrogen) atoms. The Morgan fingerprint density at radius 2 is 1.85 bits per heavy atom. The Kier molecular flexibility index (Phi) is 5.79. The topological polar surface area (TPSA) is 12.9 Å². The molecule has 2 aromatic rings. The number of rotatable bonds is 7. The number of hydrogen-bond acceptors (Lipinski definition) is 1. The fourth-order valence-electron chi connectivity index (χ4n) is 2.91. The van der Waals surface area contributed by atoms with Gasteiger partial charge in [-0.3, -0.25) is 4.98 Å². The highest BCUT2D eigenvalue weighted by Gasteiger charge is 2.12. The van der Waals surface area contributed by atoms with Gasteiger partial charge >= 0.3 is 0 Å².